The fourth-order valence-electron chi connectivity index (χ4n) is 5.16. The molecule has 0 saturated heterocycles. The van der Waals surface area contributed by atoms with Gasteiger partial charge in [-0.2, -0.15) is 0 Å². The van der Waals surface area contributed by atoms with Gasteiger partial charge in [0.15, 0.2) is 0 Å². The van der Waals surface area contributed by atoms with E-state index < -0.39 is 16.5 Å². The van der Waals surface area contributed by atoms with Crippen molar-refractivity contribution in [3.63, 3.8) is 0 Å². The number of benzene rings is 5. The molecule has 0 saturated carbocycles. The molecule has 202 valence electrons. The first kappa shape index (κ1) is 30.4. The Labute approximate surface area is 262 Å². The minimum absolute atomic E-state index is 1.15. The van der Waals surface area contributed by atoms with Gasteiger partial charge in [0.25, 0.3) is 0 Å². The molecule has 5 aromatic rings. The van der Waals surface area contributed by atoms with Crippen LogP contribution in [0.25, 0.3) is 0 Å². The summed E-state index contributed by atoms with van der Waals surface area (Å²) in [6, 6.07) is 55.9. The monoisotopic (exact) mass is 774 g/mol. The van der Waals surface area contributed by atoms with Gasteiger partial charge in [0, 0.05) is 0 Å². The van der Waals surface area contributed by atoms with E-state index in [-0.39, 0.29) is 0 Å². The second-order valence-electron chi connectivity index (χ2n) is 9.94. The summed E-state index contributed by atoms with van der Waals surface area (Å²) in [4.78, 5) is 0. The van der Waals surface area contributed by atoms with Crippen LogP contribution in [0.3, 0.4) is 0 Å². The molecule has 0 fully saturated rings. The van der Waals surface area contributed by atoms with E-state index in [1.54, 1.807) is 0 Å². The van der Waals surface area contributed by atoms with Gasteiger partial charge >= 0.3 is 265 Å². The molecular formula is C34H33P3Se3. The summed E-state index contributed by atoms with van der Waals surface area (Å²) in [6.07, 6.45) is 4.63. The van der Waals surface area contributed by atoms with Gasteiger partial charge in [0.05, 0.1) is 0 Å². The van der Waals surface area contributed by atoms with Crippen LogP contribution in [-0.4, -0.2) is 69.9 Å². The van der Waals surface area contributed by atoms with Crippen molar-refractivity contribution in [2.24, 2.45) is 0 Å². The topological polar surface area (TPSA) is 0 Å². The molecule has 0 aliphatic heterocycles. The summed E-state index contributed by atoms with van der Waals surface area (Å²) in [5.74, 6) is 0. The van der Waals surface area contributed by atoms with E-state index >= 15 is 0 Å². The average molecular weight is 771 g/mol. The molecular weight excluding hydrogens is 738 g/mol. The normalized spacial score (nSPS) is 12.2. The third kappa shape index (κ3) is 6.94. The zero-order valence-electron chi connectivity index (χ0n) is 22.3. The third-order valence-electron chi connectivity index (χ3n) is 7.47. The predicted molar refractivity (Wildman–Crippen MR) is 188 cm³/mol. The summed E-state index contributed by atoms with van der Waals surface area (Å²) in [5, 5.41) is 7.27. The Morgan fingerprint density at radius 2 is 0.525 bits per heavy atom. The van der Waals surface area contributed by atoms with Crippen LogP contribution in [0, 0.1) is 0 Å². The van der Waals surface area contributed by atoms with Crippen molar-refractivity contribution in [1.29, 1.82) is 0 Å². The van der Waals surface area contributed by atoms with E-state index in [1.165, 1.54) is 38.8 Å². The van der Waals surface area contributed by atoms with Crippen molar-refractivity contribution in [3.8, 4) is 0 Å². The van der Waals surface area contributed by atoms with Crippen LogP contribution in [0.5, 0.6) is 0 Å². The predicted octanol–water partition coefficient (Wildman–Crippen LogP) is 5.92. The van der Waals surface area contributed by atoms with Crippen molar-refractivity contribution in [2.75, 3.05) is 24.6 Å². The maximum atomic E-state index is 3.88. The molecule has 0 aliphatic carbocycles. The Bertz CT molecular complexity index is 1470. The zero-order chi connectivity index (χ0) is 27.9. The van der Waals surface area contributed by atoms with Gasteiger partial charge in [0.1, 0.15) is 0 Å². The molecule has 6 heteroatoms. The van der Waals surface area contributed by atoms with Crippen LogP contribution >= 0.6 is 16.5 Å². The third-order valence-corrected chi connectivity index (χ3v) is 28.8. The molecule has 0 bridgehead atoms. The van der Waals surface area contributed by atoms with E-state index in [9.17, 15) is 0 Å². The van der Waals surface area contributed by atoms with Gasteiger partial charge in [-0.1, -0.05) is 0 Å². The molecule has 0 unspecified atom stereocenters. The quantitative estimate of drug-likeness (QED) is 0.116. The number of hydrogen-bond acceptors (Lipinski definition) is 0. The molecule has 0 amide bonds. The first-order valence-corrected chi connectivity index (χ1v) is 26.2. The molecule has 0 N–H and O–H groups in total. The van der Waals surface area contributed by atoms with E-state index in [0.29, 0.717) is 0 Å². The number of rotatable bonds is 11. The summed E-state index contributed by atoms with van der Waals surface area (Å²) in [7, 11) is 0. The Morgan fingerprint density at radius 3 is 0.775 bits per heavy atom. The van der Waals surface area contributed by atoms with Crippen molar-refractivity contribution < 1.29 is 0 Å². The van der Waals surface area contributed by atoms with Gasteiger partial charge in [-0.15, -0.1) is 0 Å². The summed E-state index contributed by atoms with van der Waals surface area (Å²) >= 11 is 11.5. The molecule has 40 heavy (non-hydrogen) atoms. The zero-order valence-corrected chi connectivity index (χ0v) is 30.2. The van der Waals surface area contributed by atoms with Crippen molar-refractivity contribution >= 4 is 88.3 Å². The van der Waals surface area contributed by atoms with Crippen LogP contribution in [0.1, 0.15) is 0 Å². The first-order valence-electron chi connectivity index (χ1n) is 13.5. The van der Waals surface area contributed by atoms with Crippen LogP contribution in [0.4, 0.5) is 0 Å². The van der Waals surface area contributed by atoms with E-state index in [4.69, 9.17) is 0 Å². The fraction of sp³-hybridized carbons (Fsp3) is 0.118. The van der Waals surface area contributed by atoms with Crippen LogP contribution < -0.4 is 26.5 Å². The van der Waals surface area contributed by atoms with Crippen LogP contribution in [0.15, 0.2) is 152 Å². The Balaban J connectivity index is 1.52. The van der Waals surface area contributed by atoms with Gasteiger partial charge < -0.3 is 0 Å². The Morgan fingerprint density at radius 1 is 0.300 bits per heavy atom. The van der Waals surface area contributed by atoms with E-state index in [1.807, 2.05) is 0 Å². The number of hydrogen-bond donors (Lipinski definition) is 0. The van der Waals surface area contributed by atoms with Gasteiger partial charge in [-0.25, -0.2) is 0 Å². The van der Waals surface area contributed by atoms with E-state index in [2.05, 4.69) is 197 Å². The molecule has 5 rings (SSSR count). The van der Waals surface area contributed by atoms with E-state index in [0.717, 1.165) is 12.3 Å². The Kier molecular flexibility index (Phi) is 10.6. The Hall–Kier alpha value is -1.05. The second-order valence-corrected chi connectivity index (χ2v) is 31.3. The summed E-state index contributed by atoms with van der Waals surface area (Å²) in [6.45, 7) is 0. The minimum atomic E-state index is -1.69. The molecule has 0 heterocycles. The van der Waals surface area contributed by atoms with Gasteiger partial charge in [-0.05, 0) is 0 Å². The molecule has 0 spiro atoms. The maximum absolute atomic E-state index is 3.88. The van der Waals surface area contributed by atoms with Gasteiger partial charge in [0.2, 0.25) is 0 Å². The summed E-state index contributed by atoms with van der Waals surface area (Å²) in [5.41, 5.74) is -4.98. The SMILES string of the molecule is [Se]=P(CCP(=[Se])(c1ccccc1)c1ccccc1)(CCP(=[Se])(c1ccccc1)c1ccccc1)c1ccccc1. The van der Waals surface area contributed by atoms with Crippen LogP contribution in [-0.2, 0) is 0 Å². The van der Waals surface area contributed by atoms with Crippen molar-refractivity contribution in [3.05, 3.63) is 152 Å². The van der Waals surface area contributed by atoms with Crippen molar-refractivity contribution in [2.45, 2.75) is 0 Å². The first-order chi connectivity index (χ1) is 19.4. The second kappa shape index (κ2) is 13.9. The molecule has 0 nitrogen and oxygen atoms in total. The summed E-state index contributed by atoms with van der Waals surface area (Å²) < 4.78 is 0. The van der Waals surface area contributed by atoms with Gasteiger partial charge in [-0.3, -0.25) is 0 Å². The molecule has 5 aromatic carbocycles. The molecule has 0 radical (unpaired) electrons. The average Bonchev–Trinajstić information content (AvgIpc) is 3.04. The fourth-order valence-corrected chi connectivity index (χ4v) is 25.7. The standard InChI is InChI=1S/C34H33P3Se3/c38-35(30-16-6-1-7-17-30,26-28-36(39,31-18-8-2-9-19-31)32-20-10-3-11-21-32)27-29-37(40,33-22-12-4-13-23-33)34-24-14-5-15-25-34/h1-25H,26-29H2. The molecule has 0 atom stereocenters. The van der Waals surface area contributed by atoms with Crippen molar-refractivity contribution in [1.82, 2.24) is 0 Å². The molecule has 0 aliphatic rings. The van der Waals surface area contributed by atoms with Crippen LogP contribution in [0.2, 0.25) is 0 Å². The molecule has 0 aromatic heterocycles.